The fourth-order valence-electron chi connectivity index (χ4n) is 4.71. The monoisotopic (exact) mass is 501 g/mol. The number of ether oxygens (including phenoxy) is 1. The smallest absolute Gasteiger partial charge is 0.270 e. The van der Waals surface area contributed by atoms with Crippen molar-refractivity contribution in [3.05, 3.63) is 31.9 Å². The topological polar surface area (TPSA) is 81.8 Å². The van der Waals surface area contributed by atoms with E-state index in [1.807, 2.05) is 13.0 Å². The summed E-state index contributed by atoms with van der Waals surface area (Å²) in [5, 5.41) is 9.79. The van der Waals surface area contributed by atoms with Crippen LogP contribution in [0, 0.1) is 18.3 Å². The van der Waals surface area contributed by atoms with Crippen LogP contribution in [0.2, 0.25) is 0 Å². The van der Waals surface area contributed by atoms with Gasteiger partial charge in [-0.1, -0.05) is 30.9 Å². The first-order valence-corrected chi connectivity index (χ1v) is 13.1. The molecule has 8 nitrogen and oxygen atoms in total. The maximum absolute atomic E-state index is 13.3. The summed E-state index contributed by atoms with van der Waals surface area (Å²) in [5.41, 5.74) is 1.23. The Kier molecular flexibility index (Phi) is 7.77. The lowest BCUT2D eigenvalue weighted by Crippen LogP contribution is -2.47. The van der Waals surface area contributed by atoms with Crippen LogP contribution in [-0.2, 0) is 16.1 Å². The summed E-state index contributed by atoms with van der Waals surface area (Å²) in [4.78, 5) is 33.2. The molecule has 0 N–H and O–H groups in total. The number of carbonyl (C=O) groups excluding carboxylic acids is 1. The van der Waals surface area contributed by atoms with E-state index in [-0.39, 0.29) is 23.1 Å². The highest BCUT2D eigenvalue weighted by atomic mass is 32.2. The van der Waals surface area contributed by atoms with Gasteiger partial charge in [0.1, 0.15) is 21.8 Å². The van der Waals surface area contributed by atoms with E-state index in [0.29, 0.717) is 27.9 Å². The van der Waals surface area contributed by atoms with E-state index in [4.69, 9.17) is 17.0 Å². The molecule has 4 rings (SSSR count). The number of pyridine rings is 1. The lowest BCUT2D eigenvalue weighted by molar-refractivity contribution is -0.123. The fraction of sp³-hybridized carbons (Fsp3) is 0.583. The summed E-state index contributed by atoms with van der Waals surface area (Å²) in [6.07, 6.45) is 4.54. The number of amides is 1. The van der Waals surface area contributed by atoms with Gasteiger partial charge < -0.3 is 14.5 Å². The van der Waals surface area contributed by atoms with E-state index >= 15 is 0 Å². The summed E-state index contributed by atoms with van der Waals surface area (Å²) in [6.45, 7) is 8.80. The molecule has 3 aliphatic heterocycles. The summed E-state index contributed by atoms with van der Waals surface area (Å²) in [7, 11) is 2.08. The van der Waals surface area contributed by atoms with Crippen molar-refractivity contribution in [2.75, 3.05) is 51.3 Å². The summed E-state index contributed by atoms with van der Waals surface area (Å²) in [5.74, 6) is 0.654. The van der Waals surface area contributed by atoms with Gasteiger partial charge >= 0.3 is 0 Å². The number of nitrogens with zero attached hydrogens (tertiary/aromatic N) is 5. The van der Waals surface area contributed by atoms with E-state index in [0.717, 1.165) is 63.4 Å². The number of hydrogen-bond donors (Lipinski definition) is 0. The number of carbonyl (C=O) groups is 1. The number of hydrogen-bond acceptors (Lipinski definition) is 8. The standard InChI is InChI=1S/C24H31N5O3S2/c1-4-7-28-21(27-10-8-26(3)9-11-27)18(16(2)19(14-25)22(28)30)13-20-23(31)29(24(33)34-20)15-17-6-5-12-32-17/h13,17H,4-12,15H2,1-3H3. The molecule has 34 heavy (non-hydrogen) atoms. The molecule has 3 aliphatic rings. The number of thioether (sulfide) groups is 1. The highest BCUT2D eigenvalue weighted by molar-refractivity contribution is 8.26. The SMILES string of the molecule is CCCn1c(N2CCN(C)CC2)c(C=C2SC(=S)N(CC3CCCO3)C2=O)c(C)c(C#N)c1=O. The second kappa shape index (κ2) is 10.6. The average Bonchev–Trinajstić information content (AvgIpc) is 3.42. The quantitative estimate of drug-likeness (QED) is 0.435. The molecule has 182 valence electrons. The normalized spacial score (nSPS) is 22.8. The zero-order valence-corrected chi connectivity index (χ0v) is 21.6. The predicted octanol–water partition coefficient (Wildman–Crippen LogP) is 2.57. The van der Waals surface area contributed by atoms with Gasteiger partial charge in [0.15, 0.2) is 0 Å². The van der Waals surface area contributed by atoms with E-state index in [1.54, 1.807) is 16.4 Å². The molecule has 0 bridgehead atoms. The van der Waals surface area contributed by atoms with Crippen LogP contribution in [0.4, 0.5) is 5.82 Å². The zero-order chi connectivity index (χ0) is 24.4. The first-order valence-electron chi connectivity index (χ1n) is 11.8. The number of rotatable bonds is 6. The molecule has 1 atom stereocenters. The Labute approximate surface area is 210 Å². The molecule has 3 fully saturated rings. The second-order valence-corrected chi connectivity index (χ2v) is 10.7. The number of nitriles is 1. The Morgan fingerprint density at radius 3 is 2.62 bits per heavy atom. The van der Waals surface area contributed by atoms with Crippen molar-refractivity contribution in [2.45, 2.75) is 45.8 Å². The van der Waals surface area contributed by atoms with Crippen LogP contribution in [0.5, 0.6) is 0 Å². The highest BCUT2D eigenvalue weighted by Crippen LogP contribution is 2.36. The third kappa shape index (κ3) is 4.80. The van der Waals surface area contributed by atoms with Gasteiger partial charge in [0, 0.05) is 44.9 Å². The summed E-state index contributed by atoms with van der Waals surface area (Å²) >= 11 is 6.81. The Hall–Kier alpha value is -2.19. The molecular formula is C24H31N5O3S2. The van der Waals surface area contributed by atoms with Crippen LogP contribution >= 0.6 is 24.0 Å². The van der Waals surface area contributed by atoms with E-state index in [1.165, 1.54) is 11.8 Å². The van der Waals surface area contributed by atoms with E-state index in [2.05, 4.69) is 22.9 Å². The Bertz CT molecular complexity index is 1110. The molecule has 0 spiro atoms. The predicted molar refractivity (Wildman–Crippen MR) is 139 cm³/mol. The number of piperazine rings is 1. The second-order valence-electron chi connectivity index (χ2n) is 9.02. The van der Waals surface area contributed by atoms with Gasteiger partial charge in [-0.05, 0) is 44.9 Å². The van der Waals surface area contributed by atoms with Crippen molar-refractivity contribution in [2.24, 2.45) is 0 Å². The molecule has 0 saturated carbocycles. The minimum atomic E-state index is -0.265. The first kappa shape index (κ1) is 24.9. The fourth-order valence-corrected chi connectivity index (χ4v) is 5.97. The molecule has 1 amide bonds. The maximum atomic E-state index is 13.3. The molecule has 1 aromatic heterocycles. The van der Waals surface area contributed by atoms with Gasteiger partial charge in [0.05, 0.1) is 17.6 Å². The molecule has 0 aliphatic carbocycles. The number of likely N-dealkylation sites (N-methyl/N-ethyl adjacent to an activating group) is 1. The molecule has 4 heterocycles. The van der Waals surface area contributed by atoms with Gasteiger partial charge in [0.25, 0.3) is 11.5 Å². The lowest BCUT2D eigenvalue weighted by atomic mass is 10.0. The van der Waals surface area contributed by atoms with Crippen LogP contribution in [-0.4, -0.2) is 77.1 Å². The van der Waals surface area contributed by atoms with Gasteiger partial charge in [-0.2, -0.15) is 5.26 Å². The molecular weight excluding hydrogens is 470 g/mol. The van der Waals surface area contributed by atoms with Crippen molar-refractivity contribution in [3.8, 4) is 6.07 Å². The van der Waals surface area contributed by atoms with Gasteiger partial charge in [-0.25, -0.2) is 0 Å². The third-order valence-electron chi connectivity index (χ3n) is 6.66. The van der Waals surface area contributed by atoms with Crippen molar-refractivity contribution >= 4 is 46.1 Å². The van der Waals surface area contributed by atoms with Crippen molar-refractivity contribution in [1.82, 2.24) is 14.4 Å². The van der Waals surface area contributed by atoms with Crippen LogP contribution in [0.15, 0.2) is 9.70 Å². The third-order valence-corrected chi connectivity index (χ3v) is 8.03. The van der Waals surface area contributed by atoms with E-state index in [9.17, 15) is 14.9 Å². The minimum absolute atomic E-state index is 0.0149. The van der Waals surface area contributed by atoms with Crippen LogP contribution < -0.4 is 10.5 Å². The van der Waals surface area contributed by atoms with Crippen LogP contribution in [0.1, 0.15) is 42.9 Å². The first-order chi connectivity index (χ1) is 16.3. The van der Waals surface area contributed by atoms with Crippen molar-refractivity contribution in [1.29, 1.82) is 5.26 Å². The minimum Gasteiger partial charge on any atom is -0.376 e. The van der Waals surface area contributed by atoms with Crippen LogP contribution in [0.25, 0.3) is 6.08 Å². The number of aromatic nitrogens is 1. The zero-order valence-electron chi connectivity index (χ0n) is 20.0. The highest BCUT2D eigenvalue weighted by Gasteiger charge is 2.35. The molecule has 0 aromatic carbocycles. The maximum Gasteiger partial charge on any atom is 0.270 e. The number of anilines is 1. The van der Waals surface area contributed by atoms with Gasteiger partial charge in [-0.15, -0.1) is 0 Å². The molecule has 3 saturated heterocycles. The van der Waals surface area contributed by atoms with Gasteiger partial charge in [-0.3, -0.25) is 19.1 Å². The largest absolute Gasteiger partial charge is 0.376 e. The Morgan fingerprint density at radius 2 is 2.00 bits per heavy atom. The van der Waals surface area contributed by atoms with E-state index < -0.39 is 0 Å². The molecule has 1 unspecified atom stereocenters. The Balaban J connectivity index is 1.80. The summed E-state index contributed by atoms with van der Waals surface area (Å²) in [6, 6.07) is 2.11. The van der Waals surface area contributed by atoms with Crippen molar-refractivity contribution < 1.29 is 9.53 Å². The number of thiocarbonyl (C=S) groups is 1. The molecule has 1 aromatic rings. The molecule has 0 radical (unpaired) electrons. The Morgan fingerprint density at radius 1 is 1.26 bits per heavy atom. The summed E-state index contributed by atoms with van der Waals surface area (Å²) < 4.78 is 7.95. The lowest BCUT2D eigenvalue weighted by Gasteiger charge is -2.36. The average molecular weight is 502 g/mol. The van der Waals surface area contributed by atoms with Crippen LogP contribution in [0.3, 0.4) is 0 Å². The molecule has 10 heteroatoms. The van der Waals surface area contributed by atoms with Crippen molar-refractivity contribution in [3.63, 3.8) is 0 Å². The van der Waals surface area contributed by atoms with Gasteiger partial charge in [0.2, 0.25) is 0 Å².